The third-order valence-corrected chi connectivity index (χ3v) is 7.92. The van der Waals surface area contributed by atoms with Gasteiger partial charge in [-0.2, -0.15) is 0 Å². The van der Waals surface area contributed by atoms with Crippen molar-refractivity contribution >= 4 is 28.7 Å². The SMILES string of the molecule is O=C(CCCCOc1ccc2[nH]c(=O)ccc2c1)N(CCN1CCC(O)C1)CC1CCCCCCC1.O=C(O)C(=O)O. The summed E-state index contributed by atoms with van der Waals surface area (Å²) in [4.78, 5) is 50.1. The number of unbranched alkanes of at least 4 members (excludes halogenated alkanes) is 1. The minimum Gasteiger partial charge on any atom is -0.494 e. The van der Waals surface area contributed by atoms with Crippen LogP contribution in [0, 0.1) is 5.92 Å². The van der Waals surface area contributed by atoms with Crippen LogP contribution in [-0.2, 0) is 14.4 Å². The number of fused-ring (bicyclic) bond motifs is 1. The van der Waals surface area contributed by atoms with E-state index in [1.165, 1.54) is 51.0 Å². The molecule has 1 amide bonds. The fraction of sp³-hybridized carbons (Fsp3) is 0.613. The summed E-state index contributed by atoms with van der Waals surface area (Å²) in [5, 5.41) is 25.6. The average Bonchev–Trinajstić information content (AvgIpc) is 3.36. The Morgan fingerprint density at radius 1 is 0.952 bits per heavy atom. The summed E-state index contributed by atoms with van der Waals surface area (Å²) in [6, 6.07) is 8.99. The lowest BCUT2D eigenvalue weighted by Crippen LogP contribution is -2.41. The fourth-order valence-corrected chi connectivity index (χ4v) is 5.58. The Labute approximate surface area is 246 Å². The number of aromatic amines is 1. The molecule has 2 aliphatic rings. The number of carbonyl (C=O) groups excluding carboxylic acids is 1. The topological polar surface area (TPSA) is 160 Å². The molecular weight excluding hydrogens is 542 g/mol. The summed E-state index contributed by atoms with van der Waals surface area (Å²) in [6.45, 7) is 4.72. The molecule has 1 saturated carbocycles. The lowest BCUT2D eigenvalue weighted by molar-refractivity contribution is -0.159. The van der Waals surface area contributed by atoms with Crippen LogP contribution in [0.2, 0.25) is 0 Å². The van der Waals surface area contributed by atoms with Gasteiger partial charge in [0, 0.05) is 56.1 Å². The number of nitrogens with one attached hydrogen (secondary N) is 1. The third kappa shape index (κ3) is 11.8. The molecule has 4 rings (SSSR count). The molecule has 0 spiro atoms. The summed E-state index contributed by atoms with van der Waals surface area (Å²) in [6.07, 6.45) is 11.9. The molecule has 2 fully saturated rings. The summed E-state index contributed by atoms with van der Waals surface area (Å²) < 4.78 is 5.91. The molecule has 232 valence electrons. The number of aliphatic hydroxyl groups is 1. The highest BCUT2D eigenvalue weighted by molar-refractivity contribution is 6.27. The molecule has 1 aromatic carbocycles. The number of aromatic nitrogens is 1. The molecular formula is C31H45N3O8. The summed E-state index contributed by atoms with van der Waals surface area (Å²) in [7, 11) is 0. The first-order valence-electron chi connectivity index (χ1n) is 15.1. The first-order valence-corrected chi connectivity index (χ1v) is 15.1. The second-order valence-electron chi connectivity index (χ2n) is 11.3. The van der Waals surface area contributed by atoms with Gasteiger partial charge in [0.25, 0.3) is 0 Å². The highest BCUT2D eigenvalue weighted by Gasteiger charge is 2.23. The molecule has 1 atom stereocenters. The van der Waals surface area contributed by atoms with Gasteiger partial charge in [-0.1, -0.05) is 32.1 Å². The molecule has 11 nitrogen and oxygen atoms in total. The number of nitrogens with zero attached hydrogens (tertiary/aromatic N) is 2. The van der Waals surface area contributed by atoms with Gasteiger partial charge in [0.15, 0.2) is 0 Å². The Bertz CT molecular complexity index is 1200. The Morgan fingerprint density at radius 2 is 1.67 bits per heavy atom. The smallest absolute Gasteiger partial charge is 0.414 e. The number of hydrogen-bond donors (Lipinski definition) is 4. The van der Waals surface area contributed by atoms with Gasteiger partial charge in [-0.25, -0.2) is 9.59 Å². The van der Waals surface area contributed by atoms with E-state index in [1.54, 1.807) is 6.07 Å². The zero-order valence-corrected chi connectivity index (χ0v) is 24.3. The van der Waals surface area contributed by atoms with Crippen molar-refractivity contribution in [1.29, 1.82) is 0 Å². The first-order chi connectivity index (χ1) is 20.2. The molecule has 1 saturated heterocycles. The zero-order chi connectivity index (χ0) is 30.3. The number of ether oxygens (including phenoxy) is 1. The van der Waals surface area contributed by atoms with Gasteiger partial charge in [-0.15, -0.1) is 0 Å². The predicted octanol–water partition coefficient (Wildman–Crippen LogP) is 3.49. The van der Waals surface area contributed by atoms with Crippen molar-refractivity contribution in [2.75, 3.05) is 39.3 Å². The van der Waals surface area contributed by atoms with Crippen LogP contribution < -0.4 is 10.3 Å². The number of aliphatic carboxylic acids is 2. The highest BCUT2D eigenvalue weighted by atomic mass is 16.5. The van der Waals surface area contributed by atoms with E-state index in [0.29, 0.717) is 18.9 Å². The molecule has 0 radical (unpaired) electrons. The molecule has 4 N–H and O–H groups in total. The second-order valence-corrected chi connectivity index (χ2v) is 11.3. The predicted molar refractivity (Wildman–Crippen MR) is 159 cm³/mol. The lowest BCUT2D eigenvalue weighted by Gasteiger charge is -2.30. The van der Waals surface area contributed by atoms with Crippen LogP contribution in [0.4, 0.5) is 0 Å². The Kier molecular flexibility index (Phi) is 13.8. The molecule has 42 heavy (non-hydrogen) atoms. The molecule has 2 heterocycles. The molecule has 1 aliphatic heterocycles. The van der Waals surface area contributed by atoms with E-state index in [-0.39, 0.29) is 17.6 Å². The van der Waals surface area contributed by atoms with Crippen molar-refractivity contribution in [3.63, 3.8) is 0 Å². The number of carboxylic acids is 2. The number of β-amino-alcohol motifs (C(OH)–C–C–N with tert-alkyl or cyclic N) is 1. The van der Waals surface area contributed by atoms with Gasteiger partial charge in [-0.05, 0) is 62.3 Å². The zero-order valence-electron chi connectivity index (χ0n) is 24.3. The highest BCUT2D eigenvalue weighted by Crippen LogP contribution is 2.24. The number of carbonyl (C=O) groups is 3. The van der Waals surface area contributed by atoms with Crippen molar-refractivity contribution in [3.8, 4) is 5.75 Å². The van der Waals surface area contributed by atoms with Crippen LogP contribution in [0.3, 0.4) is 0 Å². The molecule has 1 aromatic heterocycles. The minimum atomic E-state index is -1.82. The van der Waals surface area contributed by atoms with E-state index >= 15 is 0 Å². The number of H-pyrrole nitrogens is 1. The lowest BCUT2D eigenvalue weighted by atomic mass is 9.90. The van der Waals surface area contributed by atoms with Crippen molar-refractivity contribution in [2.24, 2.45) is 5.92 Å². The number of carboxylic acid groups (broad SMARTS) is 2. The standard InChI is InChI=1S/C29H43N3O4.C2H2O4/c33-25-15-16-31(22-25)17-18-32(21-23-8-4-2-1-3-5-9-23)29(35)10-6-7-19-36-26-12-13-27-24(20-26)11-14-28(34)30-27;3-1(4)2(5)6/h11-14,20,23,25,33H,1-10,15-19,21-22H2,(H,30,34);(H,3,4)(H,5,6). The molecule has 11 heteroatoms. The quantitative estimate of drug-likeness (QED) is 0.228. The summed E-state index contributed by atoms with van der Waals surface area (Å²) >= 11 is 0. The van der Waals surface area contributed by atoms with Gasteiger partial charge in [-0.3, -0.25) is 14.5 Å². The van der Waals surface area contributed by atoms with Gasteiger partial charge >= 0.3 is 11.9 Å². The maximum atomic E-state index is 13.2. The van der Waals surface area contributed by atoms with Gasteiger partial charge in [0.2, 0.25) is 11.5 Å². The number of likely N-dealkylation sites (tertiary alicyclic amines) is 1. The van der Waals surface area contributed by atoms with Crippen LogP contribution >= 0.6 is 0 Å². The minimum absolute atomic E-state index is 0.109. The van der Waals surface area contributed by atoms with Crippen molar-refractivity contribution in [2.45, 2.75) is 76.7 Å². The Hall–Kier alpha value is -3.44. The van der Waals surface area contributed by atoms with Crippen LogP contribution in [0.15, 0.2) is 35.1 Å². The van der Waals surface area contributed by atoms with Gasteiger partial charge in [0.05, 0.1) is 12.7 Å². The molecule has 1 unspecified atom stereocenters. The monoisotopic (exact) mass is 587 g/mol. The van der Waals surface area contributed by atoms with E-state index in [9.17, 15) is 14.7 Å². The Balaban J connectivity index is 0.000000730. The van der Waals surface area contributed by atoms with E-state index in [1.807, 2.05) is 18.2 Å². The Morgan fingerprint density at radius 3 is 2.33 bits per heavy atom. The maximum Gasteiger partial charge on any atom is 0.414 e. The average molecular weight is 588 g/mol. The third-order valence-electron chi connectivity index (χ3n) is 7.92. The largest absolute Gasteiger partial charge is 0.494 e. The van der Waals surface area contributed by atoms with Crippen molar-refractivity contribution < 1.29 is 34.4 Å². The van der Waals surface area contributed by atoms with Crippen LogP contribution in [0.25, 0.3) is 10.9 Å². The van der Waals surface area contributed by atoms with Crippen LogP contribution in [-0.4, -0.2) is 93.4 Å². The number of aliphatic hydroxyl groups excluding tert-OH is 1. The first kappa shape index (κ1) is 33.1. The van der Waals surface area contributed by atoms with E-state index in [2.05, 4.69) is 14.8 Å². The number of rotatable bonds is 11. The normalized spacial score (nSPS) is 18.0. The maximum absolute atomic E-state index is 13.2. The molecule has 1 aliphatic carbocycles. The van der Waals surface area contributed by atoms with E-state index < -0.39 is 11.9 Å². The van der Waals surface area contributed by atoms with Crippen LogP contribution in [0.1, 0.15) is 70.6 Å². The molecule has 0 bridgehead atoms. The van der Waals surface area contributed by atoms with Gasteiger partial charge in [0.1, 0.15) is 5.75 Å². The van der Waals surface area contributed by atoms with Crippen molar-refractivity contribution in [1.82, 2.24) is 14.8 Å². The summed E-state index contributed by atoms with van der Waals surface area (Å²) in [5.74, 6) is -2.00. The molecule has 2 aromatic rings. The number of amides is 1. The van der Waals surface area contributed by atoms with E-state index in [0.717, 1.165) is 68.6 Å². The second kappa shape index (κ2) is 17.5. The number of pyridine rings is 1. The van der Waals surface area contributed by atoms with E-state index in [4.69, 9.17) is 24.5 Å². The number of hydrogen-bond acceptors (Lipinski definition) is 7. The number of benzene rings is 1. The summed E-state index contributed by atoms with van der Waals surface area (Å²) in [5.41, 5.74) is 0.690. The van der Waals surface area contributed by atoms with Crippen LogP contribution in [0.5, 0.6) is 5.75 Å². The van der Waals surface area contributed by atoms with Crippen molar-refractivity contribution in [3.05, 3.63) is 40.7 Å². The van der Waals surface area contributed by atoms with Gasteiger partial charge < -0.3 is 29.9 Å². The fourth-order valence-electron chi connectivity index (χ4n) is 5.58.